The van der Waals surface area contributed by atoms with Crippen molar-refractivity contribution in [1.82, 2.24) is 5.32 Å². The first-order valence-electron chi connectivity index (χ1n) is 6.61. The topological polar surface area (TPSA) is 67.2 Å². The zero-order valence-electron chi connectivity index (χ0n) is 10.9. The number of halogens is 2. The minimum atomic E-state index is -2.73. The third kappa shape index (κ3) is 3.63. The van der Waals surface area contributed by atoms with Crippen LogP contribution in [0.4, 0.5) is 20.2 Å². The number of nitrogens with one attached hydrogen (secondary N) is 2. The molecule has 0 aromatic heterocycles. The van der Waals surface area contributed by atoms with Crippen LogP contribution >= 0.6 is 0 Å². The van der Waals surface area contributed by atoms with Gasteiger partial charge in [-0.3, -0.25) is 10.1 Å². The van der Waals surface area contributed by atoms with Gasteiger partial charge in [-0.05, 0) is 31.9 Å². The van der Waals surface area contributed by atoms with E-state index in [2.05, 4.69) is 10.6 Å². The predicted octanol–water partition coefficient (Wildman–Crippen LogP) is 3.09. The second-order valence-corrected chi connectivity index (χ2v) is 4.84. The van der Waals surface area contributed by atoms with Crippen LogP contribution in [0.3, 0.4) is 0 Å². The number of anilines is 1. The van der Waals surface area contributed by atoms with E-state index in [1.54, 1.807) is 0 Å². The molecule has 1 aliphatic rings. The van der Waals surface area contributed by atoms with Gasteiger partial charge in [0.1, 0.15) is 0 Å². The molecule has 1 aliphatic heterocycles. The van der Waals surface area contributed by atoms with Crippen molar-refractivity contribution in [2.45, 2.75) is 31.7 Å². The molecule has 110 valence electrons. The molecule has 0 radical (unpaired) electrons. The fraction of sp³-hybridized carbons (Fsp3) is 0.538. The average Bonchev–Trinajstić information content (AvgIpc) is 2.91. The molecule has 20 heavy (non-hydrogen) atoms. The molecule has 2 rings (SSSR count). The zero-order valence-corrected chi connectivity index (χ0v) is 10.9. The molecule has 0 bridgehead atoms. The second kappa shape index (κ2) is 6.60. The summed E-state index contributed by atoms with van der Waals surface area (Å²) in [5.74, 6) is 0. The monoisotopic (exact) mass is 285 g/mol. The highest BCUT2D eigenvalue weighted by Gasteiger charge is 2.18. The second-order valence-electron chi connectivity index (χ2n) is 4.84. The van der Waals surface area contributed by atoms with Gasteiger partial charge in [-0.15, -0.1) is 0 Å². The number of rotatable bonds is 6. The maximum Gasteiger partial charge on any atom is 0.270 e. The maximum absolute atomic E-state index is 12.9. The number of nitro benzene ring substituents is 1. The number of hydrogen-bond acceptors (Lipinski definition) is 4. The van der Waals surface area contributed by atoms with Crippen LogP contribution in [0.5, 0.6) is 0 Å². The predicted molar refractivity (Wildman–Crippen MR) is 72.2 cm³/mol. The molecule has 1 atom stereocenters. The smallest absolute Gasteiger partial charge is 0.270 e. The summed E-state index contributed by atoms with van der Waals surface area (Å²) in [4.78, 5) is 9.94. The fourth-order valence-corrected chi connectivity index (χ4v) is 2.39. The van der Waals surface area contributed by atoms with Crippen molar-refractivity contribution in [2.75, 3.05) is 18.4 Å². The summed E-state index contributed by atoms with van der Waals surface area (Å²) in [6.45, 7) is 1.57. The Labute approximate surface area is 115 Å². The van der Waals surface area contributed by atoms with E-state index in [1.165, 1.54) is 12.1 Å². The molecule has 2 N–H and O–H groups in total. The molecule has 0 saturated carbocycles. The van der Waals surface area contributed by atoms with E-state index in [-0.39, 0.29) is 16.9 Å². The van der Waals surface area contributed by atoms with Crippen molar-refractivity contribution < 1.29 is 13.7 Å². The van der Waals surface area contributed by atoms with Gasteiger partial charge in [0.15, 0.2) is 0 Å². The Morgan fingerprint density at radius 2 is 2.30 bits per heavy atom. The Balaban J connectivity index is 2.00. The highest BCUT2D eigenvalue weighted by atomic mass is 19.3. The van der Waals surface area contributed by atoms with Gasteiger partial charge >= 0.3 is 0 Å². The van der Waals surface area contributed by atoms with E-state index in [9.17, 15) is 18.9 Å². The van der Waals surface area contributed by atoms with Crippen molar-refractivity contribution in [3.63, 3.8) is 0 Å². The van der Waals surface area contributed by atoms with E-state index >= 15 is 0 Å². The largest absolute Gasteiger partial charge is 0.385 e. The van der Waals surface area contributed by atoms with Crippen LogP contribution in [0, 0.1) is 10.1 Å². The van der Waals surface area contributed by atoms with Gasteiger partial charge in [-0.1, -0.05) is 0 Å². The molecule has 1 fully saturated rings. The lowest BCUT2D eigenvalue weighted by Crippen LogP contribution is -2.24. The standard InChI is InChI=1S/C13H17F2N3O2/c14-13(15)11-8-10(18(19)20)3-4-12(11)17-7-5-9-2-1-6-16-9/h3-4,8-9,13,16-17H,1-2,5-7H2/t9-/m0/s1. The lowest BCUT2D eigenvalue weighted by atomic mass is 10.1. The molecule has 7 heteroatoms. The van der Waals surface area contributed by atoms with Crippen LogP contribution in [0.1, 0.15) is 31.3 Å². The van der Waals surface area contributed by atoms with E-state index in [0.29, 0.717) is 12.6 Å². The van der Waals surface area contributed by atoms with Crippen LogP contribution in [0.15, 0.2) is 18.2 Å². The normalized spacial score (nSPS) is 18.4. The fourth-order valence-electron chi connectivity index (χ4n) is 2.39. The summed E-state index contributed by atoms with van der Waals surface area (Å²) in [7, 11) is 0. The summed E-state index contributed by atoms with van der Waals surface area (Å²) >= 11 is 0. The van der Waals surface area contributed by atoms with Gasteiger partial charge in [0.05, 0.1) is 4.92 Å². The summed E-state index contributed by atoms with van der Waals surface area (Å²) < 4.78 is 25.8. The van der Waals surface area contributed by atoms with Crippen LogP contribution < -0.4 is 10.6 Å². The molecule has 5 nitrogen and oxygen atoms in total. The number of alkyl halides is 2. The van der Waals surface area contributed by atoms with E-state index in [1.807, 2.05) is 0 Å². The van der Waals surface area contributed by atoms with Crippen molar-refractivity contribution in [3.05, 3.63) is 33.9 Å². The van der Waals surface area contributed by atoms with Crippen molar-refractivity contribution >= 4 is 11.4 Å². The van der Waals surface area contributed by atoms with Crippen molar-refractivity contribution in [2.24, 2.45) is 0 Å². The summed E-state index contributed by atoms with van der Waals surface area (Å²) in [5, 5.41) is 16.9. The first kappa shape index (κ1) is 14.6. The van der Waals surface area contributed by atoms with E-state index in [4.69, 9.17) is 0 Å². The summed E-state index contributed by atoms with van der Waals surface area (Å²) in [6.07, 6.45) is 0.357. The molecule has 1 aromatic carbocycles. The van der Waals surface area contributed by atoms with Gasteiger partial charge in [-0.25, -0.2) is 8.78 Å². The van der Waals surface area contributed by atoms with Gasteiger partial charge < -0.3 is 10.6 Å². The molecule has 0 aliphatic carbocycles. The lowest BCUT2D eigenvalue weighted by molar-refractivity contribution is -0.385. The molecule has 0 amide bonds. The van der Waals surface area contributed by atoms with Gasteiger partial charge in [0.2, 0.25) is 0 Å². The van der Waals surface area contributed by atoms with Crippen LogP contribution in [0.25, 0.3) is 0 Å². The number of hydrogen-bond donors (Lipinski definition) is 2. The molecular formula is C13H17F2N3O2. The molecule has 0 spiro atoms. The quantitative estimate of drug-likeness (QED) is 0.622. The Morgan fingerprint density at radius 1 is 1.50 bits per heavy atom. The van der Waals surface area contributed by atoms with Crippen molar-refractivity contribution in [1.29, 1.82) is 0 Å². The zero-order chi connectivity index (χ0) is 14.5. The number of nitro groups is 1. The first-order chi connectivity index (χ1) is 9.58. The van der Waals surface area contributed by atoms with E-state index in [0.717, 1.165) is 31.9 Å². The average molecular weight is 285 g/mol. The lowest BCUT2D eigenvalue weighted by Gasteiger charge is -2.14. The van der Waals surface area contributed by atoms with Gasteiger partial charge in [0.25, 0.3) is 12.1 Å². The van der Waals surface area contributed by atoms with Crippen LogP contribution in [-0.2, 0) is 0 Å². The molecule has 1 saturated heterocycles. The minimum Gasteiger partial charge on any atom is -0.385 e. The Bertz CT molecular complexity index is 477. The third-order valence-corrected chi connectivity index (χ3v) is 3.45. The Hall–Kier alpha value is -1.76. The number of nitrogens with zero attached hydrogens (tertiary/aromatic N) is 1. The SMILES string of the molecule is O=[N+]([O-])c1ccc(NCC[C@@H]2CCCN2)c(C(F)F)c1. The van der Waals surface area contributed by atoms with Crippen molar-refractivity contribution in [3.8, 4) is 0 Å². The van der Waals surface area contributed by atoms with E-state index < -0.39 is 11.3 Å². The number of non-ortho nitro benzene ring substituents is 1. The summed E-state index contributed by atoms with van der Waals surface area (Å²) in [6, 6.07) is 3.94. The maximum atomic E-state index is 12.9. The Morgan fingerprint density at radius 3 is 2.90 bits per heavy atom. The third-order valence-electron chi connectivity index (χ3n) is 3.45. The number of benzene rings is 1. The summed E-state index contributed by atoms with van der Waals surface area (Å²) in [5.41, 5.74) is -0.370. The van der Waals surface area contributed by atoms with Gasteiger partial charge in [-0.2, -0.15) is 0 Å². The first-order valence-corrected chi connectivity index (χ1v) is 6.61. The highest BCUT2D eigenvalue weighted by molar-refractivity contribution is 5.56. The van der Waals surface area contributed by atoms with Crippen LogP contribution in [-0.4, -0.2) is 24.1 Å². The minimum absolute atomic E-state index is 0.267. The molecule has 1 heterocycles. The molecule has 0 unspecified atom stereocenters. The molecule has 1 aromatic rings. The Kier molecular flexibility index (Phi) is 4.84. The van der Waals surface area contributed by atoms with Gasteiger partial charge in [0, 0.05) is 36.0 Å². The molecular weight excluding hydrogens is 268 g/mol. The van der Waals surface area contributed by atoms with Crippen LogP contribution in [0.2, 0.25) is 0 Å². The highest BCUT2D eigenvalue weighted by Crippen LogP contribution is 2.30.